The number of hydrogen-bond donors (Lipinski definition) is 0. The average Bonchev–Trinajstić information content (AvgIpc) is 3.21. The molecule has 0 N–H and O–H groups in total. The summed E-state index contributed by atoms with van der Waals surface area (Å²) < 4.78 is 5.03. The molecule has 7 nitrogen and oxygen atoms in total. The largest absolute Gasteiger partial charge is 0.427 e. The smallest absolute Gasteiger partial charge is 0.308 e. The van der Waals surface area contributed by atoms with E-state index in [1.807, 2.05) is 42.2 Å². The zero-order valence-corrected chi connectivity index (χ0v) is 17.9. The number of benzene rings is 2. The minimum Gasteiger partial charge on any atom is -0.427 e. The van der Waals surface area contributed by atoms with Crippen LogP contribution >= 0.6 is 0 Å². The van der Waals surface area contributed by atoms with Gasteiger partial charge in [0.05, 0.1) is 23.6 Å². The van der Waals surface area contributed by atoms with Crippen molar-refractivity contribution in [1.82, 2.24) is 0 Å². The fourth-order valence-electron chi connectivity index (χ4n) is 5.24. The molecule has 162 valence electrons. The van der Waals surface area contributed by atoms with E-state index in [1.165, 1.54) is 18.7 Å². The number of aryl methyl sites for hydroxylation is 1. The molecule has 7 heteroatoms. The second kappa shape index (κ2) is 7.15. The van der Waals surface area contributed by atoms with E-state index in [2.05, 4.69) is 0 Å². The summed E-state index contributed by atoms with van der Waals surface area (Å²) in [5.41, 5.74) is 3.34. The lowest BCUT2D eigenvalue weighted by molar-refractivity contribution is -0.132. The predicted molar refractivity (Wildman–Crippen MR) is 118 cm³/mol. The van der Waals surface area contributed by atoms with Gasteiger partial charge in [-0.2, -0.15) is 0 Å². The summed E-state index contributed by atoms with van der Waals surface area (Å²) in [5, 5.41) is 0. The lowest BCUT2D eigenvalue weighted by Crippen LogP contribution is -2.48. The van der Waals surface area contributed by atoms with Gasteiger partial charge in [0.1, 0.15) is 11.8 Å². The third kappa shape index (κ3) is 2.88. The Bertz CT molecular complexity index is 1200. The highest BCUT2D eigenvalue weighted by Gasteiger charge is 2.63. The normalized spacial score (nSPS) is 25.5. The van der Waals surface area contributed by atoms with Crippen LogP contribution in [0, 0.1) is 18.8 Å². The van der Waals surface area contributed by atoms with E-state index in [-0.39, 0.29) is 23.6 Å². The van der Waals surface area contributed by atoms with E-state index < -0.39 is 23.8 Å². The first kappa shape index (κ1) is 20.2. The lowest BCUT2D eigenvalue weighted by Gasteiger charge is -2.36. The molecule has 3 heterocycles. The van der Waals surface area contributed by atoms with Crippen molar-refractivity contribution in [2.75, 3.05) is 9.80 Å². The second-order valence-corrected chi connectivity index (χ2v) is 8.53. The number of carbonyl (C=O) groups is 4. The van der Waals surface area contributed by atoms with Crippen molar-refractivity contribution < 1.29 is 23.9 Å². The third-order valence-corrected chi connectivity index (χ3v) is 6.43. The van der Waals surface area contributed by atoms with Crippen molar-refractivity contribution in [3.8, 4) is 5.75 Å². The van der Waals surface area contributed by atoms with Gasteiger partial charge in [-0.05, 0) is 55.8 Å². The molecule has 2 amide bonds. The Morgan fingerprint density at radius 3 is 2.28 bits per heavy atom. The number of fused-ring (bicyclic) bond motifs is 5. The van der Waals surface area contributed by atoms with Gasteiger partial charge in [-0.25, -0.2) is 4.90 Å². The number of amides is 2. The molecule has 2 aromatic carbocycles. The molecule has 0 spiro atoms. The van der Waals surface area contributed by atoms with Crippen LogP contribution in [0.25, 0.3) is 6.08 Å². The van der Waals surface area contributed by atoms with Gasteiger partial charge in [-0.3, -0.25) is 19.2 Å². The van der Waals surface area contributed by atoms with Crippen molar-refractivity contribution in [3.05, 3.63) is 59.7 Å². The Hall–Kier alpha value is -3.74. The van der Waals surface area contributed by atoms with E-state index in [0.717, 1.165) is 16.8 Å². The molecule has 32 heavy (non-hydrogen) atoms. The predicted octanol–water partition coefficient (Wildman–Crippen LogP) is 2.90. The number of rotatable bonds is 3. The van der Waals surface area contributed by atoms with Crippen LogP contribution in [0.4, 0.5) is 11.4 Å². The van der Waals surface area contributed by atoms with Crippen molar-refractivity contribution in [2.24, 2.45) is 11.8 Å². The second-order valence-electron chi connectivity index (χ2n) is 8.53. The van der Waals surface area contributed by atoms with Crippen molar-refractivity contribution in [1.29, 1.82) is 0 Å². The highest BCUT2D eigenvalue weighted by atomic mass is 16.5. The molecule has 0 radical (unpaired) electrons. The van der Waals surface area contributed by atoms with Crippen molar-refractivity contribution in [2.45, 2.75) is 32.9 Å². The van der Waals surface area contributed by atoms with E-state index >= 15 is 0 Å². The molecule has 3 aliphatic heterocycles. The maximum Gasteiger partial charge on any atom is 0.308 e. The monoisotopic (exact) mass is 430 g/mol. The van der Waals surface area contributed by atoms with Crippen LogP contribution < -0.4 is 14.5 Å². The van der Waals surface area contributed by atoms with Crippen LogP contribution in [0.2, 0.25) is 0 Å². The van der Waals surface area contributed by atoms with Gasteiger partial charge in [-0.1, -0.05) is 23.8 Å². The van der Waals surface area contributed by atoms with E-state index in [1.54, 1.807) is 24.3 Å². The summed E-state index contributed by atoms with van der Waals surface area (Å²) in [6, 6.07) is 11.1. The fourth-order valence-corrected chi connectivity index (χ4v) is 5.24. The van der Waals surface area contributed by atoms with Gasteiger partial charge in [0.25, 0.3) is 0 Å². The molecule has 0 unspecified atom stereocenters. The van der Waals surface area contributed by atoms with Gasteiger partial charge in [0, 0.05) is 12.6 Å². The Morgan fingerprint density at radius 1 is 0.938 bits per heavy atom. The minimum absolute atomic E-state index is 0.141. The van der Waals surface area contributed by atoms with Gasteiger partial charge in [-0.15, -0.1) is 0 Å². The van der Waals surface area contributed by atoms with Crippen LogP contribution in [-0.4, -0.2) is 35.7 Å². The summed E-state index contributed by atoms with van der Waals surface area (Å²) in [4.78, 5) is 54.0. The fraction of sp³-hybridized carbons (Fsp3) is 0.280. The Morgan fingerprint density at radius 2 is 1.62 bits per heavy atom. The van der Waals surface area contributed by atoms with Crippen LogP contribution in [0.15, 0.2) is 48.5 Å². The molecule has 2 saturated heterocycles. The molecule has 5 rings (SSSR count). The molecule has 4 atom stereocenters. The number of imide groups is 1. The summed E-state index contributed by atoms with van der Waals surface area (Å²) in [5.74, 6) is -2.36. The molecule has 2 fully saturated rings. The van der Waals surface area contributed by atoms with E-state index in [9.17, 15) is 19.2 Å². The quantitative estimate of drug-likeness (QED) is 0.423. The molecule has 0 saturated carbocycles. The van der Waals surface area contributed by atoms with Crippen LogP contribution in [-0.2, 0) is 19.2 Å². The number of hydrogen-bond acceptors (Lipinski definition) is 6. The van der Waals surface area contributed by atoms with E-state index in [4.69, 9.17) is 4.74 Å². The summed E-state index contributed by atoms with van der Waals surface area (Å²) >= 11 is 0. The van der Waals surface area contributed by atoms with Crippen LogP contribution in [0.3, 0.4) is 0 Å². The van der Waals surface area contributed by atoms with Crippen LogP contribution in [0.5, 0.6) is 5.75 Å². The van der Waals surface area contributed by atoms with Gasteiger partial charge in [0.15, 0.2) is 5.78 Å². The highest BCUT2D eigenvalue weighted by Crippen LogP contribution is 2.49. The third-order valence-electron chi connectivity index (χ3n) is 6.43. The van der Waals surface area contributed by atoms with Gasteiger partial charge in [0.2, 0.25) is 11.8 Å². The lowest BCUT2D eigenvalue weighted by atomic mass is 9.88. The van der Waals surface area contributed by atoms with Crippen LogP contribution in [0.1, 0.15) is 25.0 Å². The highest BCUT2D eigenvalue weighted by molar-refractivity contribution is 6.24. The number of nitrogens with zero attached hydrogens (tertiary/aromatic N) is 2. The Labute approximate surface area is 185 Å². The first-order valence-corrected chi connectivity index (χ1v) is 10.5. The van der Waals surface area contributed by atoms with Crippen molar-refractivity contribution in [3.63, 3.8) is 0 Å². The standard InChI is InChI=1S/C25H22N2O5/c1-13-4-10-19-16(12-13)5-11-20-21-22(23(14(2)28)27(19)20)25(31)26(24(21)30)17-6-8-18(9-7-17)32-15(3)29/h4-12,20-23H,1-3H3/t20-,21+,22-,23+/m0/s1. The molecule has 3 aliphatic rings. The molecule has 2 aromatic rings. The Balaban J connectivity index is 1.54. The topological polar surface area (TPSA) is 84.0 Å². The summed E-state index contributed by atoms with van der Waals surface area (Å²) in [7, 11) is 0. The number of ether oxygens (including phenoxy) is 1. The number of anilines is 2. The number of esters is 1. The first-order valence-electron chi connectivity index (χ1n) is 10.5. The summed E-state index contributed by atoms with van der Waals surface area (Å²) in [6.45, 7) is 4.77. The zero-order valence-electron chi connectivity index (χ0n) is 17.9. The summed E-state index contributed by atoms with van der Waals surface area (Å²) in [6.07, 6.45) is 3.90. The maximum atomic E-state index is 13.5. The van der Waals surface area contributed by atoms with E-state index in [0.29, 0.717) is 11.4 Å². The molecule has 0 bridgehead atoms. The minimum atomic E-state index is -0.755. The number of ketones is 1. The maximum absolute atomic E-state index is 13.5. The Kier molecular flexibility index (Phi) is 4.51. The molecular weight excluding hydrogens is 408 g/mol. The van der Waals surface area contributed by atoms with Gasteiger partial charge < -0.3 is 9.64 Å². The zero-order chi connectivity index (χ0) is 22.7. The average molecular weight is 430 g/mol. The number of carbonyl (C=O) groups excluding carboxylic acids is 4. The molecule has 0 aliphatic carbocycles. The molecule has 0 aromatic heterocycles. The first-order chi connectivity index (χ1) is 15.3. The van der Waals surface area contributed by atoms with Gasteiger partial charge >= 0.3 is 5.97 Å². The van der Waals surface area contributed by atoms with Crippen molar-refractivity contribution >= 4 is 41.0 Å². The molecular formula is C25H22N2O5. The number of Topliss-reactive ketones (excluding diaryl/α,β-unsaturated/α-hetero) is 1. The SMILES string of the molecule is CC(=O)Oc1ccc(N2C(=O)[C@H]3[C@H](C2=O)[C@@H]2C=Cc4cc(C)ccc4N2[C@@H]3C(C)=O)cc1.